The van der Waals surface area contributed by atoms with Crippen LogP contribution in [0.15, 0.2) is 48.7 Å². The Labute approximate surface area is 151 Å². The number of benzene rings is 2. The number of aromatic nitrogens is 1. The smallest absolute Gasteiger partial charge is 0.292 e. The van der Waals surface area contributed by atoms with Crippen molar-refractivity contribution in [1.82, 2.24) is 10.3 Å². The van der Waals surface area contributed by atoms with Crippen molar-refractivity contribution in [2.24, 2.45) is 0 Å². The summed E-state index contributed by atoms with van der Waals surface area (Å²) in [6, 6.07) is 12.6. The molecular formula is C20H20N2O4. The lowest BCUT2D eigenvalue weighted by atomic mass is 10.1. The van der Waals surface area contributed by atoms with Gasteiger partial charge < -0.3 is 19.8 Å². The van der Waals surface area contributed by atoms with Gasteiger partial charge in [-0.1, -0.05) is 30.3 Å². The molecule has 1 amide bonds. The van der Waals surface area contributed by atoms with Crippen LogP contribution in [-0.4, -0.2) is 30.9 Å². The van der Waals surface area contributed by atoms with Crippen LogP contribution in [0.25, 0.3) is 10.9 Å². The Hall–Kier alpha value is -3.28. The summed E-state index contributed by atoms with van der Waals surface area (Å²) in [5.41, 5.74) is 1.91. The Morgan fingerprint density at radius 2 is 1.69 bits per heavy atom. The lowest BCUT2D eigenvalue weighted by molar-refractivity contribution is -0.117. The molecule has 0 saturated heterocycles. The van der Waals surface area contributed by atoms with Gasteiger partial charge in [0.1, 0.15) is 0 Å². The molecule has 1 atom stereocenters. The summed E-state index contributed by atoms with van der Waals surface area (Å²) in [5, 5.41) is 3.35. The van der Waals surface area contributed by atoms with Gasteiger partial charge in [0.2, 0.25) is 0 Å². The predicted octanol–water partition coefficient (Wildman–Crippen LogP) is 3.25. The second-order valence-electron chi connectivity index (χ2n) is 5.89. The molecule has 0 saturated carbocycles. The molecule has 0 aliphatic carbocycles. The molecule has 1 aromatic heterocycles. The van der Waals surface area contributed by atoms with Crippen molar-refractivity contribution >= 4 is 22.6 Å². The van der Waals surface area contributed by atoms with Gasteiger partial charge in [0.15, 0.2) is 11.5 Å². The van der Waals surface area contributed by atoms with Crippen LogP contribution in [0.4, 0.5) is 0 Å². The molecule has 0 bridgehead atoms. The van der Waals surface area contributed by atoms with E-state index in [4.69, 9.17) is 9.47 Å². The molecule has 0 unspecified atom stereocenters. The molecular weight excluding hydrogens is 332 g/mol. The number of ketones is 1. The summed E-state index contributed by atoms with van der Waals surface area (Å²) in [7, 11) is 3.06. The number of H-pyrrole nitrogens is 1. The number of rotatable bonds is 6. The van der Waals surface area contributed by atoms with Crippen LogP contribution in [0.1, 0.15) is 28.9 Å². The van der Waals surface area contributed by atoms with Crippen LogP contribution in [0.3, 0.4) is 0 Å². The summed E-state index contributed by atoms with van der Waals surface area (Å²) in [5.74, 6) is -0.224. The van der Waals surface area contributed by atoms with Crippen molar-refractivity contribution in [1.29, 1.82) is 0 Å². The molecule has 0 spiro atoms. The number of amides is 1. The maximum Gasteiger partial charge on any atom is 0.292 e. The Balaban J connectivity index is 1.86. The van der Waals surface area contributed by atoms with Crippen LogP contribution in [0, 0.1) is 0 Å². The topological polar surface area (TPSA) is 80.4 Å². The molecule has 0 aliphatic heterocycles. The van der Waals surface area contributed by atoms with E-state index in [1.165, 1.54) is 20.4 Å². The highest BCUT2D eigenvalue weighted by Gasteiger charge is 2.23. The van der Waals surface area contributed by atoms with Gasteiger partial charge in [0.25, 0.3) is 11.7 Å². The number of aromatic amines is 1. The lowest BCUT2D eigenvalue weighted by Crippen LogP contribution is -2.33. The average Bonchev–Trinajstić information content (AvgIpc) is 3.09. The summed E-state index contributed by atoms with van der Waals surface area (Å²) in [6.07, 6.45) is 1.53. The Morgan fingerprint density at radius 1 is 1.04 bits per heavy atom. The van der Waals surface area contributed by atoms with E-state index in [1.807, 2.05) is 37.3 Å². The Kier molecular flexibility index (Phi) is 4.93. The molecule has 3 aromatic rings. The monoisotopic (exact) mass is 352 g/mol. The second kappa shape index (κ2) is 7.31. The van der Waals surface area contributed by atoms with E-state index < -0.39 is 11.7 Å². The first-order valence-corrected chi connectivity index (χ1v) is 8.18. The molecule has 0 aliphatic rings. The summed E-state index contributed by atoms with van der Waals surface area (Å²) >= 11 is 0. The summed E-state index contributed by atoms with van der Waals surface area (Å²) < 4.78 is 10.5. The lowest BCUT2D eigenvalue weighted by Gasteiger charge is -2.13. The van der Waals surface area contributed by atoms with E-state index in [1.54, 1.807) is 12.1 Å². The standard InChI is InChI=1S/C20H20N2O4/c1-12(13-7-5-4-6-8-13)22-20(24)19(23)15-11-21-16-10-18(26-3)17(25-2)9-14(15)16/h4-12,21H,1-3H3,(H,22,24)/t12-/m0/s1. The Morgan fingerprint density at radius 3 is 2.35 bits per heavy atom. The van der Waals surface area contributed by atoms with Gasteiger partial charge in [-0.25, -0.2) is 0 Å². The average molecular weight is 352 g/mol. The van der Waals surface area contributed by atoms with Crippen molar-refractivity contribution < 1.29 is 19.1 Å². The zero-order valence-corrected chi connectivity index (χ0v) is 14.8. The Bertz CT molecular complexity index is 947. The van der Waals surface area contributed by atoms with E-state index >= 15 is 0 Å². The molecule has 6 nitrogen and oxygen atoms in total. The molecule has 26 heavy (non-hydrogen) atoms. The second-order valence-corrected chi connectivity index (χ2v) is 5.89. The quantitative estimate of drug-likeness (QED) is 0.527. The number of carbonyl (C=O) groups excluding carboxylic acids is 2. The number of Topliss-reactive ketones (excluding diaryl/α,β-unsaturated/α-hetero) is 1. The number of carbonyl (C=O) groups is 2. The first kappa shape index (κ1) is 17.5. The predicted molar refractivity (Wildman–Crippen MR) is 98.7 cm³/mol. The summed E-state index contributed by atoms with van der Waals surface area (Å²) in [4.78, 5) is 28.1. The molecule has 2 aromatic carbocycles. The highest BCUT2D eigenvalue weighted by Crippen LogP contribution is 2.33. The maximum atomic E-state index is 12.6. The molecule has 2 N–H and O–H groups in total. The SMILES string of the molecule is COc1cc2[nH]cc(C(=O)C(=O)N[C@@H](C)c3ccccc3)c2cc1OC. The van der Waals surface area contributed by atoms with Gasteiger partial charge >= 0.3 is 0 Å². The largest absolute Gasteiger partial charge is 0.493 e. The number of fused-ring (bicyclic) bond motifs is 1. The maximum absolute atomic E-state index is 12.6. The minimum absolute atomic E-state index is 0.271. The number of nitrogens with one attached hydrogen (secondary N) is 2. The molecule has 0 radical (unpaired) electrons. The van der Waals surface area contributed by atoms with Crippen molar-refractivity contribution in [3.8, 4) is 11.5 Å². The van der Waals surface area contributed by atoms with Gasteiger partial charge in [-0.15, -0.1) is 0 Å². The number of hydrogen-bond acceptors (Lipinski definition) is 4. The van der Waals surface area contributed by atoms with Crippen molar-refractivity contribution in [2.45, 2.75) is 13.0 Å². The fraction of sp³-hybridized carbons (Fsp3) is 0.200. The zero-order chi connectivity index (χ0) is 18.7. The van der Waals surface area contributed by atoms with Gasteiger partial charge in [0, 0.05) is 17.6 Å². The zero-order valence-electron chi connectivity index (χ0n) is 14.8. The number of methoxy groups -OCH3 is 2. The van der Waals surface area contributed by atoms with E-state index in [2.05, 4.69) is 10.3 Å². The highest BCUT2D eigenvalue weighted by molar-refractivity contribution is 6.45. The van der Waals surface area contributed by atoms with Gasteiger partial charge in [-0.3, -0.25) is 9.59 Å². The van der Waals surface area contributed by atoms with Crippen molar-refractivity contribution in [3.63, 3.8) is 0 Å². The van der Waals surface area contributed by atoms with E-state index in [-0.39, 0.29) is 6.04 Å². The molecule has 134 valence electrons. The highest BCUT2D eigenvalue weighted by atomic mass is 16.5. The first-order chi connectivity index (χ1) is 12.5. The van der Waals surface area contributed by atoms with Crippen molar-refractivity contribution in [2.75, 3.05) is 14.2 Å². The molecule has 0 fully saturated rings. The van der Waals surface area contributed by atoms with Crippen LogP contribution >= 0.6 is 0 Å². The summed E-state index contributed by atoms with van der Waals surface area (Å²) in [6.45, 7) is 1.84. The van der Waals surface area contributed by atoms with Crippen LogP contribution in [0.2, 0.25) is 0 Å². The van der Waals surface area contributed by atoms with Gasteiger partial charge in [-0.05, 0) is 18.6 Å². The molecule has 1 heterocycles. The fourth-order valence-electron chi connectivity index (χ4n) is 2.85. The normalized spacial score (nSPS) is 11.8. The minimum atomic E-state index is -0.656. The number of hydrogen-bond donors (Lipinski definition) is 2. The third-order valence-electron chi connectivity index (χ3n) is 4.28. The molecule has 3 rings (SSSR count). The third-order valence-corrected chi connectivity index (χ3v) is 4.28. The fourth-order valence-corrected chi connectivity index (χ4v) is 2.85. The van der Waals surface area contributed by atoms with Crippen LogP contribution in [-0.2, 0) is 4.79 Å². The van der Waals surface area contributed by atoms with Gasteiger partial charge in [0.05, 0.1) is 31.3 Å². The molecule has 6 heteroatoms. The van der Waals surface area contributed by atoms with E-state index in [0.717, 1.165) is 5.56 Å². The third kappa shape index (κ3) is 3.26. The van der Waals surface area contributed by atoms with E-state index in [0.29, 0.717) is 28.0 Å². The van der Waals surface area contributed by atoms with Crippen LogP contribution < -0.4 is 14.8 Å². The van der Waals surface area contributed by atoms with Crippen LogP contribution in [0.5, 0.6) is 11.5 Å². The minimum Gasteiger partial charge on any atom is -0.493 e. The first-order valence-electron chi connectivity index (χ1n) is 8.18. The number of ether oxygens (including phenoxy) is 2. The van der Waals surface area contributed by atoms with E-state index in [9.17, 15) is 9.59 Å². The van der Waals surface area contributed by atoms with Crippen molar-refractivity contribution in [3.05, 3.63) is 59.8 Å². The van der Waals surface area contributed by atoms with Gasteiger partial charge in [-0.2, -0.15) is 0 Å².